The Balaban J connectivity index is 1.60. The summed E-state index contributed by atoms with van der Waals surface area (Å²) in [7, 11) is 3.78. The minimum Gasteiger partial charge on any atom is -0.497 e. The molecule has 0 bridgehead atoms. The first kappa shape index (κ1) is 27.0. The summed E-state index contributed by atoms with van der Waals surface area (Å²) in [5.41, 5.74) is 1.86. The first-order valence-electron chi connectivity index (χ1n) is 13.3. The average Bonchev–Trinajstić information content (AvgIpc) is 3.42. The van der Waals surface area contributed by atoms with E-state index in [0.29, 0.717) is 23.6 Å². The maximum atomic E-state index is 13.6. The van der Waals surface area contributed by atoms with Crippen molar-refractivity contribution < 1.29 is 19.4 Å². The van der Waals surface area contributed by atoms with E-state index in [4.69, 9.17) is 9.47 Å². The van der Waals surface area contributed by atoms with E-state index in [1.807, 2.05) is 31.2 Å². The number of aliphatic hydroxyl groups is 1. The molecule has 0 unspecified atom stereocenters. The van der Waals surface area contributed by atoms with Crippen molar-refractivity contribution in [2.24, 2.45) is 11.8 Å². The van der Waals surface area contributed by atoms with Crippen molar-refractivity contribution in [3.8, 4) is 23.5 Å². The fourth-order valence-corrected chi connectivity index (χ4v) is 5.22. The second-order valence-corrected chi connectivity index (χ2v) is 10.5. The molecule has 198 valence electrons. The Hall–Kier alpha value is -3.08. The number of fused-ring (bicyclic) bond motifs is 1. The first-order valence-corrected chi connectivity index (χ1v) is 13.3. The Morgan fingerprint density at radius 1 is 1.19 bits per heavy atom. The molecule has 2 aromatic rings. The maximum Gasteiger partial charge on any atom is 0.259 e. The minimum absolute atomic E-state index is 0.0773. The smallest absolute Gasteiger partial charge is 0.259 e. The largest absolute Gasteiger partial charge is 0.497 e. The van der Waals surface area contributed by atoms with Crippen molar-refractivity contribution in [2.75, 3.05) is 40.4 Å². The van der Waals surface area contributed by atoms with Crippen LogP contribution in [0, 0.1) is 23.7 Å². The van der Waals surface area contributed by atoms with E-state index < -0.39 is 0 Å². The molecule has 1 N–H and O–H groups in total. The van der Waals surface area contributed by atoms with Gasteiger partial charge in [0.15, 0.2) is 0 Å². The molecule has 7 heteroatoms. The highest BCUT2D eigenvalue weighted by atomic mass is 16.5. The van der Waals surface area contributed by atoms with E-state index in [2.05, 4.69) is 35.7 Å². The SMILES string of the molecule is COc1ccc(C#Cc2cnc3c(c2)C(=O)N([C@@H](C)CO)C[C@@H](C)[C@H](CN(C)CC2CCCC2)O3)cc1. The Morgan fingerprint density at radius 3 is 2.57 bits per heavy atom. The lowest BCUT2D eigenvalue weighted by Gasteiger charge is -2.38. The topological polar surface area (TPSA) is 75.1 Å². The molecule has 1 aliphatic heterocycles. The van der Waals surface area contributed by atoms with Crippen LogP contribution >= 0.6 is 0 Å². The molecule has 2 aliphatic rings. The molecule has 7 nitrogen and oxygen atoms in total. The highest BCUT2D eigenvalue weighted by molar-refractivity contribution is 5.97. The number of likely N-dealkylation sites (N-methyl/N-ethyl adjacent to an activating group) is 1. The Bertz CT molecular complexity index is 1120. The number of pyridine rings is 1. The number of amides is 1. The Kier molecular flexibility index (Phi) is 9.07. The summed E-state index contributed by atoms with van der Waals surface area (Å²) < 4.78 is 11.6. The van der Waals surface area contributed by atoms with Crippen LogP contribution in [0.1, 0.15) is 61.0 Å². The predicted molar refractivity (Wildman–Crippen MR) is 144 cm³/mol. The summed E-state index contributed by atoms with van der Waals surface area (Å²) >= 11 is 0. The van der Waals surface area contributed by atoms with Crippen molar-refractivity contribution in [1.82, 2.24) is 14.8 Å². The summed E-state index contributed by atoms with van der Waals surface area (Å²) in [6, 6.07) is 8.94. The van der Waals surface area contributed by atoms with Gasteiger partial charge in [-0.15, -0.1) is 0 Å². The molecular formula is C30H39N3O4. The third kappa shape index (κ3) is 6.82. The number of carbonyl (C=O) groups excluding carboxylic acids is 1. The molecule has 0 spiro atoms. The fourth-order valence-electron chi connectivity index (χ4n) is 5.22. The number of carbonyl (C=O) groups is 1. The lowest BCUT2D eigenvalue weighted by atomic mass is 9.99. The summed E-state index contributed by atoms with van der Waals surface area (Å²) in [6.07, 6.45) is 6.78. The van der Waals surface area contributed by atoms with Gasteiger partial charge in [-0.2, -0.15) is 0 Å². The number of aliphatic hydroxyl groups excluding tert-OH is 1. The molecule has 3 atom stereocenters. The summed E-state index contributed by atoms with van der Waals surface area (Å²) in [4.78, 5) is 22.3. The van der Waals surface area contributed by atoms with E-state index >= 15 is 0 Å². The standard InChI is InChI=1S/C30H39N3O4/c1-21-17-33(22(2)20-34)30(35)27-15-25(10-9-23-11-13-26(36-4)14-12-23)16-31-29(27)37-28(21)19-32(3)18-24-7-5-6-8-24/h11-16,21-22,24,28,34H,5-8,17-20H2,1-4H3/t21-,22+,28+/m1/s1. The monoisotopic (exact) mass is 505 g/mol. The van der Waals surface area contributed by atoms with E-state index in [1.54, 1.807) is 24.3 Å². The molecule has 1 fully saturated rings. The molecule has 1 aromatic heterocycles. The van der Waals surface area contributed by atoms with E-state index in [-0.39, 0.29) is 30.6 Å². The molecule has 1 aliphatic carbocycles. The minimum atomic E-state index is -0.313. The third-order valence-corrected chi connectivity index (χ3v) is 7.50. The Labute approximate surface area is 220 Å². The zero-order valence-corrected chi connectivity index (χ0v) is 22.4. The lowest BCUT2D eigenvalue weighted by molar-refractivity contribution is 0.0320. The molecule has 0 radical (unpaired) electrons. The van der Waals surface area contributed by atoms with Crippen molar-refractivity contribution >= 4 is 5.91 Å². The van der Waals surface area contributed by atoms with E-state index in [1.165, 1.54) is 25.7 Å². The van der Waals surface area contributed by atoms with E-state index in [0.717, 1.165) is 30.3 Å². The van der Waals surface area contributed by atoms with Crippen LogP contribution in [0.3, 0.4) is 0 Å². The van der Waals surface area contributed by atoms with Crippen LogP contribution in [0.2, 0.25) is 0 Å². The molecule has 1 aromatic carbocycles. The van der Waals surface area contributed by atoms with Crippen LogP contribution in [0.15, 0.2) is 36.5 Å². The van der Waals surface area contributed by atoms with Gasteiger partial charge in [0, 0.05) is 42.9 Å². The van der Waals surface area contributed by atoms with Gasteiger partial charge in [-0.05, 0) is 63.1 Å². The van der Waals surface area contributed by atoms with Gasteiger partial charge < -0.3 is 24.4 Å². The highest BCUT2D eigenvalue weighted by Gasteiger charge is 2.34. The zero-order chi connectivity index (χ0) is 26.4. The van der Waals surface area contributed by atoms with Gasteiger partial charge in [-0.1, -0.05) is 31.6 Å². The van der Waals surface area contributed by atoms with Gasteiger partial charge in [0.2, 0.25) is 5.88 Å². The van der Waals surface area contributed by atoms with Crippen molar-refractivity contribution in [2.45, 2.75) is 51.7 Å². The Morgan fingerprint density at radius 2 is 1.89 bits per heavy atom. The van der Waals surface area contributed by atoms with Crippen molar-refractivity contribution in [1.29, 1.82) is 0 Å². The van der Waals surface area contributed by atoms with Gasteiger partial charge in [0.05, 0.1) is 19.8 Å². The lowest BCUT2D eigenvalue weighted by Crippen LogP contribution is -2.50. The first-order chi connectivity index (χ1) is 17.9. The van der Waals surface area contributed by atoms with Crippen molar-refractivity contribution in [3.05, 3.63) is 53.2 Å². The maximum absolute atomic E-state index is 13.6. The number of benzene rings is 1. The number of methoxy groups -OCH3 is 1. The van der Waals surface area contributed by atoms with E-state index in [9.17, 15) is 9.90 Å². The second-order valence-electron chi connectivity index (χ2n) is 10.5. The number of aromatic nitrogens is 1. The molecular weight excluding hydrogens is 466 g/mol. The number of hydrogen-bond donors (Lipinski definition) is 1. The van der Waals surface area contributed by atoms with Gasteiger partial charge >= 0.3 is 0 Å². The zero-order valence-electron chi connectivity index (χ0n) is 22.4. The van der Waals surface area contributed by atoms with Crippen LogP contribution < -0.4 is 9.47 Å². The van der Waals surface area contributed by atoms with Gasteiger partial charge in [-0.25, -0.2) is 4.98 Å². The van der Waals surface area contributed by atoms with Crippen LogP contribution in [0.4, 0.5) is 0 Å². The van der Waals surface area contributed by atoms with Crippen LogP contribution in [0.25, 0.3) is 0 Å². The van der Waals surface area contributed by atoms with Gasteiger partial charge in [0.25, 0.3) is 5.91 Å². The molecule has 1 saturated carbocycles. The number of hydrogen-bond acceptors (Lipinski definition) is 6. The second kappa shape index (κ2) is 12.4. The molecule has 0 saturated heterocycles. The normalized spacial score (nSPS) is 20.9. The molecule has 1 amide bonds. The third-order valence-electron chi connectivity index (χ3n) is 7.50. The van der Waals surface area contributed by atoms with Crippen LogP contribution in [0.5, 0.6) is 11.6 Å². The molecule has 4 rings (SSSR count). The summed E-state index contributed by atoms with van der Waals surface area (Å²) in [5.74, 6) is 7.98. The van der Waals surface area contributed by atoms with Crippen LogP contribution in [-0.4, -0.2) is 78.3 Å². The van der Waals surface area contributed by atoms with Crippen LogP contribution in [-0.2, 0) is 0 Å². The average molecular weight is 506 g/mol. The summed E-state index contributed by atoms with van der Waals surface area (Å²) in [5, 5.41) is 9.89. The number of nitrogens with zero attached hydrogens (tertiary/aromatic N) is 3. The quantitative estimate of drug-likeness (QED) is 0.577. The summed E-state index contributed by atoms with van der Waals surface area (Å²) in [6.45, 7) is 6.19. The van der Waals surface area contributed by atoms with Crippen molar-refractivity contribution in [3.63, 3.8) is 0 Å². The molecule has 2 heterocycles. The number of rotatable bonds is 7. The predicted octanol–water partition coefficient (Wildman–Crippen LogP) is 3.83. The van der Waals surface area contributed by atoms with Gasteiger partial charge in [-0.3, -0.25) is 4.79 Å². The van der Waals surface area contributed by atoms with Gasteiger partial charge in [0.1, 0.15) is 17.4 Å². The fraction of sp³-hybridized carbons (Fsp3) is 0.533. The number of ether oxygens (including phenoxy) is 2. The molecule has 37 heavy (non-hydrogen) atoms. The highest BCUT2D eigenvalue weighted by Crippen LogP contribution is 2.29.